The van der Waals surface area contributed by atoms with E-state index in [1.807, 2.05) is 30.3 Å². The number of rotatable bonds is 4. The minimum Gasteiger partial charge on any atom is -0.465 e. The Morgan fingerprint density at radius 3 is 2.50 bits per heavy atom. The second-order valence-electron chi connectivity index (χ2n) is 5.26. The predicted octanol–water partition coefficient (Wildman–Crippen LogP) is 2.60. The number of ether oxygens (including phenoxy) is 1. The van der Waals surface area contributed by atoms with Crippen LogP contribution in [0.25, 0.3) is 0 Å². The van der Waals surface area contributed by atoms with Crippen molar-refractivity contribution in [3.8, 4) is 0 Å². The number of nitrogens with zero attached hydrogens (tertiary/aromatic N) is 1. The fraction of sp³-hybridized carbons (Fsp3) is 0.167. The average molecular weight is 324 g/mol. The third-order valence-corrected chi connectivity index (χ3v) is 3.64. The van der Waals surface area contributed by atoms with Crippen LogP contribution in [-0.2, 0) is 14.4 Å². The van der Waals surface area contributed by atoms with Gasteiger partial charge in [-0.2, -0.15) is 0 Å². The lowest BCUT2D eigenvalue weighted by Gasteiger charge is -2.10. The molecule has 0 radical (unpaired) electrons. The molecule has 2 aromatic rings. The molecule has 24 heavy (non-hydrogen) atoms. The van der Waals surface area contributed by atoms with Crippen LogP contribution in [0.1, 0.15) is 22.3 Å². The van der Waals surface area contributed by atoms with E-state index in [0.717, 1.165) is 11.3 Å². The Balaban J connectivity index is 1.59. The molecular weight excluding hydrogens is 308 g/mol. The van der Waals surface area contributed by atoms with Gasteiger partial charge in [-0.25, -0.2) is 4.79 Å². The maximum atomic E-state index is 12.3. The lowest BCUT2D eigenvalue weighted by atomic mass is 10.0. The Morgan fingerprint density at radius 1 is 1.12 bits per heavy atom. The van der Waals surface area contributed by atoms with Crippen LogP contribution in [0, 0.1) is 0 Å². The van der Waals surface area contributed by atoms with Gasteiger partial charge < -0.3 is 14.9 Å². The number of hydrogen-bond acceptors (Lipinski definition) is 5. The summed E-state index contributed by atoms with van der Waals surface area (Å²) in [6, 6.07) is 16.0. The molecule has 6 heteroatoms. The fourth-order valence-electron chi connectivity index (χ4n) is 2.35. The van der Waals surface area contributed by atoms with E-state index in [9.17, 15) is 9.59 Å². The summed E-state index contributed by atoms with van der Waals surface area (Å²) in [7, 11) is 1.32. The Kier molecular flexibility index (Phi) is 4.56. The molecule has 1 heterocycles. The average Bonchev–Trinajstić information content (AvgIpc) is 3.13. The van der Waals surface area contributed by atoms with E-state index in [1.54, 1.807) is 24.3 Å². The van der Waals surface area contributed by atoms with Crippen LogP contribution in [0.2, 0.25) is 0 Å². The topological polar surface area (TPSA) is 77.0 Å². The first-order chi connectivity index (χ1) is 11.7. The quantitative estimate of drug-likeness (QED) is 0.877. The van der Waals surface area contributed by atoms with Gasteiger partial charge in [0.1, 0.15) is 0 Å². The molecule has 2 aromatic carbocycles. The number of nitrogens with one attached hydrogen (secondary N) is 1. The molecule has 1 N–H and O–H groups in total. The number of carbonyl (C=O) groups excluding carboxylic acids is 2. The van der Waals surface area contributed by atoms with Crippen LogP contribution >= 0.6 is 0 Å². The number of hydrogen-bond donors (Lipinski definition) is 1. The summed E-state index contributed by atoms with van der Waals surface area (Å²) < 4.78 is 4.63. The molecule has 0 unspecified atom stereocenters. The number of amides is 1. The lowest BCUT2D eigenvalue weighted by Crippen LogP contribution is -2.28. The highest BCUT2D eigenvalue weighted by Crippen LogP contribution is 2.18. The molecule has 3 rings (SSSR count). The normalized spacial score (nSPS) is 16.0. The zero-order valence-corrected chi connectivity index (χ0v) is 13.1. The summed E-state index contributed by atoms with van der Waals surface area (Å²) in [5, 5.41) is 6.74. The first-order valence-corrected chi connectivity index (χ1v) is 7.45. The zero-order chi connectivity index (χ0) is 16.9. The van der Waals surface area contributed by atoms with Crippen molar-refractivity contribution < 1.29 is 19.2 Å². The monoisotopic (exact) mass is 324 g/mol. The Hall–Kier alpha value is -3.15. The maximum Gasteiger partial charge on any atom is 0.337 e. The van der Waals surface area contributed by atoms with Crippen molar-refractivity contribution in [2.75, 3.05) is 12.4 Å². The lowest BCUT2D eigenvalue weighted by molar-refractivity contribution is -0.125. The molecule has 0 bridgehead atoms. The van der Waals surface area contributed by atoms with E-state index in [-0.39, 0.29) is 5.91 Å². The van der Waals surface area contributed by atoms with Gasteiger partial charge >= 0.3 is 5.97 Å². The number of oxime groups is 1. The molecule has 1 aliphatic heterocycles. The van der Waals surface area contributed by atoms with Crippen molar-refractivity contribution in [3.63, 3.8) is 0 Å². The molecule has 1 amide bonds. The number of esters is 1. The zero-order valence-electron chi connectivity index (χ0n) is 13.1. The Labute approximate surface area is 139 Å². The summed E-state index contributed by atoms with van der Waals surface area (Å²) in [4.78, 5) is 28.9. The summed E-state index contributed by atoms with van der Waals surface area (Å²) >= 11 is 0. The fourth-order valence-corrected chi connectivity index (χ4v) is 2.35. The third-order valence-electron chi connectivity index (χ3n) is 3.64. The van der Waals surface area contributed by atoms with Crippen LogP contribution in [0.15, 0.2) is 59.8 Å². The summed E-state index contributed by atoms with van der Waals surface area (Å²) in [5.74, 6) is -0.705. The summed E-state index contributed by atoms with van der Waals surface area (Å²) in [6.07, 6.45) is -0.253. The highest BCUT2D eigenvalue weighted by molar-refractivity contribution is 6.06. The minimum atomic E-state index is -0.666. The van der Waals surface area contributed by atoms with Crippen LogP contribution in [0.5, 0.6) is 0 Å². The van der Waals surface area contributed by atoms with Gasteiger partial charge in [0.15, 0.2) is 0 Å². The largest absolute Gasteiger partial charge is 0.465 e. The first-order valence-electron chi connectivity index (χ1n) is 7.45. The van der Waals surface area contributed by atoms with Crippen molar-refractivity contribution in [2.24, 2.45) is 5.16 Å². The van der Waals surface area contributed by atoms with Crippen molar-refractivity contribution in [1.29, 1.82) is 0 Å². The molecule has 0 fully saturated rings. The molecule has 0 saturated heterocycles. The molecule has 0 aliphatic carbocycles. The molecule has 0 spiro atoms. The van der Waals surface area contributed by atoms with Crippen molar-refractivity contribution in [1.82, 2.24) is 0 Å². The van der Waals surface area contributed by atoms with Crippen LogP contribution in [-0.4, -0.2) is 30.8 Å². The maximum absolute atomic E-state index is 12.3. The van der Waals surface area contributed by atoms with Gasteiger partial charge in [0.05, 0.1) is 18.4 Å². The van der Waals surface area contributed by atoms with Crippen molar-refractivity contribution >= 4 is 23.3 Å². The molecule has 0 aromatic heterocycles. The van der Waals surface area contributed by atoms with E-state index in [2.05, 4.69) is 15.2 Å². The van der Waals surface area contributed by atoms with Gasteiger partial charge in [0, 0.05) is 12.1 Å². The highest BCUT2D eigenvalue weighted by Gasteiger charge is 2.28. The van der Waals surface area contributed by atoms with Gasteiger partial charge in [-0.1, -0.05) is 35.5 Å². The minimum absolute atomic E-state index is 0.282. The van der Waals surface area contributed by atoms with Gasteiger partial charge in [0.2, 0.25) is 6.10 Å². The van der Waals surface area contributed by atoms with E-state index in [1.165, 1.54) is 7.11 Å². The van der Waals surface area contributed by atoms with Crippen LogP contribution in [0.3, 0.4) is 0 Å². The predicted molar refractivity (Wildman–Crippen MR) is 88.9 cm³/mol. The van der Waals surface area contributed by atoms with Gasteiger partial charge in [0.25, 0.3) is 5.91 Å². The first kappa shape index (κ1) is 15.7. The van der Waals surface area contributed by atoms with E-state index >= 15 is 0 Å². The van der Waals surface area contributed by atoms with E-state index in [4.69, 9.17) is 4.84 Å². The third kappa shape index (κ3) is 3.43. The molecule has 1 aliphatic rings. The van der Waals surface area contributed by atoms with E-state index in [0.29, 0.717) is 17.7 Å². The smallest absolute Gasteiger partial charge is 0.337 e. The van der Waals surface area contributed by atoms with Gasteiger partial charge in [-0.15, -0.1) is 0 Å². The number of methoxy groups -OCH3 is 1. The van der Waals surface area contributed by atoms with E-state index < -0.39 is 12.1 Å². The van der Waals surface area contributed by atoms with Crippen molar-refractivity contribution in [3.05, 3.63) is 65.7 Å². The molecule has 122 valence electrons. The SMILES string of the molecule is COC(=O)c1ccc(NC(=O)[C@@H]2CC(c3ccccc3)=NO2)cc1. The van der Waals surface area contributed by atoms with Crippen LogP contribution < -0.4 is 5.32 Å². The number of benzene rings is 2. The summed E-state index contributed by atoms with van der Waals surface area (Å²) in [6.45, 7) is 0. The second kappa shape index (κ2) is 6.95. The number of carbonyl (C=O) groups is 2. The highest BCUT2D eigenvalue weighted by atomic mass is 16.6. The molecule has 6 nitrogen and oxygen atoms in total. The number of anilines is 1. The standard InChI is InChI=1S/C18H16N2O4/c1-23-18(22)13-7-9-14(10-8-13)19-17(21)16-11-15(20-24-16)12-5-3-2-4-6-12/h2-10,16H,11H2,1H3,(H,19,21)/t16-/m0/s1. The molecule has 0 saturated carbocycles. The van der Waals surface area contributed by atoms with Crippen LogP contribution in [0.4, 0.5) is 5.69 Å². The summed E-state index contributed by atoms with van der Waals surface area (Å²) in [5.41, 5.74) is 2.68. The molecule has 1 atom stereocenters. The van der Waals surface area contributed by atoms with Crippen molar-refractivity contribution in [2.45, 2.75) is 12.5 Å². The second-order valence-corrected chi connectivity index (χ2v) is 5.26. The van der Waals surface area contributed by atoms with Gasteiger partial charge in [-0.05, 0) is 29.8 Å². The Morgan fingerprint density at radius 2 is 1.83 bits per heavy atom. The van der Waals surface area contributed by atoms with Gasteiger partial charge in [-0.3, -0.25) is 4.79 Å². The molecular formula is C18H16N2O4. The Bertz CT molecular complexity index is 769.